The monoisotopic (exact) mass is 350 g/mol. The SMILES string of the molecule is C=CC(=O)c1ccc(C(O)C2CCc3cc(C(O)CC)ccc3C2)cc1. The molecule has 0 bridgehead atoms. The van der Waals surface area contributed by atoms with Gasteiger partial charge in [0, 0.05) is 5.56 Å². The van der Waals surface area contributed by atoms with Gasteiger partial charge in [0.2, 0.25) is 0 Å². The number of aliphatic hydroxyl groups is 2. The maximum Gasteiger partial charge on any atom is 0.185 e. The van der Waals surface area contributed by atoms with Crippen LogP contribution in [0.4, 0.5) is 0 Å². The molecule has 3 nitrogen and oxygen atoms in total. The first-order valence-corrected chi connectivity index (χ1v) is 9.28. The van der Waals surface area contributed by atoms with Gasteiger partial charge in [-0.2, -0.15) is 0 Å². The smallest absolute Gasteiger partial charge is 0.185 e. The Morgan fingerprint density at radius 1 is 1.15 bits per heavy atom. The summed E-state index contributed by atoms with van der Waals surface area (Å²) in [5.74, 6) is 0.0492. The maximum absolute atomic E-state index is 11.6. The molecule has 0 saturated carbocycles. The molecule has 3 unspecified atom stereocenters. The fraction of sp³-hybridized carbons (Fsp3) is 0.348. The van der Waals surface area contributed by atoms with Crippen molar-refractivity contribution in [3.05, 3.63) is 82.9 Å². The van der Waals surface area contributed by atoms with E-state index in [1.54, 1.807) is 12.1 Å². The molecule has 3 heteroatoms. The van der Waals surface area contributed by atoms with E-state index in [4.69, 9.17) is 0 Å². The second-order valence-electron chi connectivity index (χ2n) is 7.09. The van der Waals surface area contributed by atoms with Gasteiger partial charge in [0.25, 0.3) is 0 Å². The van der Waals surface area contributed by atoms with Crippen molar-refractivity contribution in [1.82, 2.24) is 0 Å². The quantitative estimate of drug-likeness (QED) is 0.602. The number of ketones is 1. The molecule has 0 amide bonds. The van der Waals surface area contributed by atoms with E-state index in [-0.39, 0.29) is 11.7 Å². The summed E-state index contributed by atoms with van der Waals surface area (Å²) in [5, 5.41) is 20.8. The van der Waals surface area contributed by atoms with Crippen LogP contribution in [-0.4, -0.2) is 16.0 Å². The average Bonchev–Trinajstić information content (AvgIpc) is 2.71. The molecule has 0 fully saturated rings. The molecule has 26 heavy (non-hydrogen) atoms. The molecular formula is C23H26O3. The van der Waals surface area contributed by atoms with E-state index in [1.807, 2.05) is 25.1 Å². The van der Waals surface area contributed by atoms with E-state index in [1.165, 1.54) is 17.2 Å². The van der Waals surface area contributed by atoms with Crippen LogP contribution >= 0.6 is 0 Å². The number of fused-ring (bicyclic) bond motifs is 1. The van der Waals surface area contributed by atoms with E-state index in [2.05, 4.69) is 18.7 Å². The third-order valence-corrected chi connectivity index (χ3v) is 5.44. The lowest BCUT2D eigenvalue weighted by atomic mass is 9.78. The van der Waals surface area contributed by atoms with E-state index in [0.29, 0.717) is 12.0 Å². The highest BCUT2D eigenvalue weighted by Gasteiger charge is 2.26. The zero-order valence-corrected chi connectivity index (χ0v) is 15.2. The summed E-state index contributed by atoms with van der Waals surface area (Å²) in [7, 11) is 0. The number of carbonyl (C=O) groups is 1. The fourth-order valence-corrected chi connectivity index (χ4v) is 3.75. The van der Waals surface area contributed by atoms with Crippen LogP contribution in [0.15, 0.2) is 55.1 Å². The second-order valence-corrected chi connectivity index (χ2v) is 7.09. The number of hydrogen-bond acceptors (Lipinski definition) is 3. The molecule has 2 aromatic carbocycles. The van der Waals surface area contributed by atoms with Crippen LogP contribution in [0.25, 0.3) is 0 Å². The van der Waals surface area contributed by atoms with E-state index in [9.17, 15) is 15.0 Å². The van der Waals surface area contributed by atoms with Crippen LogP contribution in [0, 0.1) is 5.92 Å². The first-order chi connectivity index (χ1) is 12.5. The molecule has 0 spiro atoms. The van der Waals surface area contributed by atoms with Gasteiger partial charge < -0.3 is 10.2 Å². The van der Waals surface area contributed by atoms with Crippen LogP contribution in [0.2, 0.25) is 0 Å². The summed E-state index contributed by atoms with van der Waals surface area (Å²) in [6.45, 7) is 5.47. The number of benzene rings is 2. The first-order valence-electron chi connectivity index (χ1n) is 9.28. The fourth-order valence-electron chi connectivity index (χ4n) is 3.75. The number of aryl methyl sites for hydroxylation is 1. The topological polar surface area (TPSA) is 57.5 Å². The van der Waals surface area contributed by atoms with Crippen molar-refractivity contribution in [2.75, 3.05) is 0 Å². The molecule has 1 aliphatic carbocycles. The standard InChI is InChI=1S/C23H26O3/c1-3-21(24)15-5-7-16(8-6-15)23(26)20-12-10-17-13-19(22(25)4-2)11-9-18(17)14-20/h3,5-9,11,13,20,22-23,25-26H,1,4,10,12,14H2,2H3. The van der Waals surface area contributed by atoms with Crippen LogP contribution in [-0.2, 0) is 12.8 Å². The van der Waals surface area contributed by atoms with Crippen molar-refractivity contribution < 1.29 is 15.0 Å². The summed E-state index contributed by atoms with van der Waals surface area (Å²) < 4.78 is 0. The Morgan fingerprint density at radius 3 is 2.50 bits per heavy atom. The van der Waals surface area contributed by atoms with Gasteiger partial charge >= 0.3 is 0 Å². The third-order valence-electron chi connectivity index (χ3n) is 5.44. The van der Waals surface area contributed by atoms with Gasteiger partial charge in [0.05, 0.1) is 12.2 Å². The van der Waals surface area contributed by atoms with Crippen LogP contribution in [0.5, 0.6) is 0 Å². The van der Waals surface area contributed by atoms with Crippen molar-refractivity contribution in [2.24, 2.45) is 5.92 Å². The number of allylic oxidation sites excluding steroid dienone is 1. The Bertz CT molecular complexity index is 792. The highest BCUT2D eigenvalue weighted by Crippen LogP contribution is 2.35. The Balaban J connectivity index is 1.73. The minimum atomic E-state index is -0.544. The molecule has 0 saturated heterocycles. The number of rotatable bonds is 6. The number of carbonyl (C=O) groups excluding carboxylic acids is 1. The molecule has 0 aromatic heterocycles. The minimum Gasteiger partial charge on any atom is -0.388 e. The summed E-state index contributed by atoms with van der Waals surface area (Å²) in [4.78, 5) is 11.6. The molecule has 2 N–H and O–H groups in total. The lowest BCUT2D eigenvalue weighted by Gasteiger charge is -2.29. The summed E-state index contributed by atoms with van der Waals surface area (Å²) in [6, 6.07) is 13.4. The number of hydrogen-bond donors (Lipinski definition) is 2. The van der Waals surface area contributed by atoms with Crippen LogP contribution in [0.3, 0.4) is 0 Å². The highest BCUT2D eigenvalue weighted by molar-refractivity contribution is 6.04. The second kappa shape index (κ2) is 7.98. The lowest BCUT2D eigenvalue weighted by Crippen LogP contribution is -2.21. The Morgan fingerprint density at radius 2 is 1.85 bits per heavy atom. The average molecular weight is 350 g/mol. The number of aliphatic hydroxyl groups excluding tert-OH is 2. The van der Waals surface area contributed by atoms with Crippen molar-refractivity contribution >= 4 is 5.78 Å². The van der Waals surface area contributed by atoms with Gasteiger partial charge in [-0.25, -0.2) is 0 Å². The predicted molar refractivity (Wildman–Crippen MR) is 103 cm³/mol. The van der Waals surface area contributed by atoms with E-state index in [0.717, 1.165) is 30.4 Å². The largest absolute Gasteiger partial charge is 0.388 e. The van der Waals surface area contributed by atoms with Crippen LogP contribution in [0.1, 0.15) is 64.6 Å². The zero-order valence-electron chi connectivity index (χ0n) is 15.2. The van der Waals surface area contributed by atoms with Crippen LogP contribution < -0.4 is 0 Å². The molecule has 0 heterocycles. The van der Waals surface area contributed by atoms with Crippen molar-refractivity contribution in [3.8, 4) is 0 Å². The molecule has 2 aromatic rings. The molecule has 3 rings (SSSR count). The molecule has 3 atom stereocenters. The zero-order chi connectivity index (χ0) is 18.7. The molecule has 1 aliphatic rings. The van der Waals surface area contributed by atoms with Crippen molar-refractivity contribution in [3.63, 3.8) is 0 Å². The Kier molecular flexibility index (Phi) is 5.70. The summed E-state index contributed by atoms with van der Waals surface area (Å²) >= 11 is 0. The summed E-state index contributed by atoms with van der Waals surface area (Å²) in [6.07, 6.45) is 3.71. The van der Waals surface area contributed by atoms with Gasteiger partial charge in [-0.1, -0.05) is 56.0 Å². The molecule has 136 valence electrons. The lowest BCUT2D eigenvalue weighted by molar-refractivity contribution is 0.0990. The molecule has 0 radical (unpaired) electrons. The van der Waals surface area contributed by atoms with Gasteiger partial charge in [0.1, 0.15) is 0 Å². The Labute approximate surface area is 155 Å². The third kappa shape index (κ3) is 3.79. The van der Waals surface area contributed by atoms with E-state index < -0.39 is 12.2 Å². The van der Waals surface area contributed by atoms with Gasteiger partial charge in [-0.15, -0.1) is 0 Å². The van der Waals surface area contributed by atoms with Gasteiger partial charge in [-0.3, -0.25) is 4.79 Å². The maximum atomic E-state index is 11.6. The normalized spacial score (nSPS) is 18.7. The van der Waals surface area contributed by atoms with E-state index >= 15 is 0 Å². The molecule has 0 aliphatic heterocycles. The minimum absolute atomic E-state index is 0.109. The van der Waals surface area contributed by atoms with Crippen molar-refractivity contribution in [2.45, 2.75) is 44.8 Å². The Hall–Kier alpha value is -2.23. The van der Waals surface area contributed by atoms with Gasteiger partial charge in [-0.05, 0) is 59.9 Å². The van der Waals surface area contributed by atoms with Crippen molar-refractivity contribution in [1.29, 1.82) is 0 Å². The highest BCUT2D eigenvalue weighted by atomic mass is 16.3. The summed E-state index contributed by atoms with van der Waals surface area (Å²) in [5.41, 5.74) is 4.95. The predicted octanol–water partition coefficient (Wildman–Crippen LogP) is 4.34. The molecular weight excluding hydrogens is 324 g/mol. The first kappa shape index (κ1) is 18.6. The van der Waals surface area contributed by atoms with Gasteiger partial charge in [0.15, 0.2) is 5.78 Å².